The number of thiophene rings is 1. The Balaban J connectivity index is 1.31. The number of nitrogens with zero attached hydrogens (tertiary/aromatic N) is 2. The van der Waals surface area contributed by atoms with Gasteiger partial charge < -0.3 is 9.47 Å². The van der Waals surface area contributed by atoms with E-state index in [1.165, 1.54) is 64.2 Å². The van der Waals surface area contributed by atoms with Crippen molar-refractivity contribution in [3.63, 3.8) is 0 Å². The fourth-order valence-electron chi connectivity index (χ4n) is 7.81. The van der Waals surface area contributed by atoms with Crippen LogP contribution in [0.2, 0.25) is 0 Å². The molecule has 0 bridgehead atoms. The normalized spacial score (nSPS) is 11.5. The van der Waals surface area contributed by atoms with Gasteiger partial charge in [0.05, 0.1) is 16.7 Å². The minimum Gasteiger partial charge on any atom is -0.310 e. The topological polar surface area (TPSA) is 8.17 Å². The van der Waals surface area contributed by atoms with E-state index in [0.717, 1.165) is 22.7 Å². The molecule has 0 saturated heterocycles. The predicted molar refractivity (Wildman–Crippen MR) is 219 cm³/mol. The second-order valence-corrected chi connectivity index (χ2v) is 14.0. The van der Waals surface area contributed by atoms with Gasteiger partial charge in [0, 0.05) is 53.6 Å². The number of hydrogen-bond donors (Lipinski definition) is 0. The van der Waals surface area contributed by atoms with Crippen LogP contribution in [0, 0.1) is 0 Å². The van der Waals surface area contributed by atoms with E-state index >= 15 is 0 Å². The van der Waals surface area contributed by atoms with Gasteiger partial charge in [0.2, 0.25) is 0 Å². The summed E-state index contributed by atoms with van der Waals surface area (Å²) in [5.41, 5.74) is 11.7. The van der Waals surface area contributed by atoms with Crippen LogP contribution in [-0.2, 0) is 0 Å². The van der Waals surface area contributed by atoms with Crippen LogP contribution in [0.3, 0.4) is 0 Å². The second kappa shape index (κ2) is 12.2. The van der Waals surface area contributed by atoms with E-state index in [0.29, 0.717) is 0 Å². The van der Waals surface area contributed by atoms with Gasteiger partial charge in [-0.15, -0.1) is 11.3 Å². The molecular formula is C48H32N2S. The average Bonchev–Trinajstić information content (AvgIpc) is 3.75. The maximum absolute atomic E-state index is 2.45. The first-order valence-corrected chi connectivity index (χ1v) is 18.2. The van der Waals surface area contributed by atoms with E-state index in [1.807, 2.05) is 11.3 Å². The summed E-state index contributed by atoms with van der Waals surface area (Å²) in [6, 6.07) is 70.4. The zero-order valence-electron chi connectivity index (χ0n) is 27.8. The molecular weight excluding hydrogens is 637 g/mol. The summed E-state index contributed by atoms with van der Waals surface area (Å²) < 4.78 is 5.00. The summed E-state index contributed by atoms with van der Waals surface area (Å²) in [7, 11) is 0. The third kappa shape index (κ3) is 4.85. The Hall–Kier alpha value is -6.42. The van der Waals surface area contributed by atoms with E-state index in [-0.39, 0.29) is 0 Å². The Morgan fingerprint density at radius 2 is 1.04 bits per heavy atom. The van der Waals surface area contributed by atoms with E-state index in [9.17, 15) is 0 Å². The Morgan fingerprint density at radius 3 is 1.86 bits per heavy atom. The molecule has 240 valence electrons. The number of rotatable bonds is 6. The van der Waals surface area contributed by atoms with Gasteiger partial charge in [0.15, 0.2) is 0 Å². The summed E-state index contributed by atoms with van der Waals surface area (Å²) in [6.07, 6.45) is 0. The fraction of sp³-hybridized carbons (Fsp3) is 0. The molecule has 0 unspecified atom stereocenters. The van der Waals surface area contributed by atoms with Crippen molar-refractivity contribution in [3.8, 4) is 27.9 Å². The minimum absolute atomic E-state index is 1.10. The number of anilines is 3. The molecule has 0 atom stereocenters. The summed E-state index contributed by atoms with van der Waals surface area (Å²) in [4.78, 5) is 2.45. The zero-order valence-corrected chi connectivity index (χ0v) is 28.6. The first-order valence-electron chi connectivity index (χ1n) is 17.4. The van der Waals surface area contributed by atoms with Crippen molar-refractivity contribution in [1.29, 1.82) is 0 Å². The number of benzene rings is 8. The van der Waals surface area contributed by atoms with Crippen LogP contribution < -0.4 is 4.90 Å². The molecule has 0 radical (unpaired) electrons. The lowest BCUT2D eigenvalue weighted by molar-refractivity contribution is 1.18. The van der Waals surface area contributed by atoms with Gasteiger partial charge in [0.1, 0.15) is 0 Å². The summed E-state index contributed by atoms with van der Waals surface area (Å²) in [6.45, 7) is 0. The maximum Gasteiger partial charge on any atom is 0.0561 e. The molecule has 8 aromatic carbocycles. The van der Waals surface area contributed by atoms with E-state index in [2.05, 4.69) is 204 Å². The quantitative estimate of drug-likeness (QED) is 0.171. The molecule has 51 heavy (non-hydrogen) atoms. The molecule has 3 heteroatoms. The molecule has 0 spiro atoms. The van der Waals surface area contributed by atoms with Crippen molar-refractivity contribution in [2.24, 2.45) is 0 Å². The highest BCUT2D eigenvalue weighted by atomic mass is 32.1. The summed E-state index contributed by atoms with van der Waals surface area (Å²) in [5, 5.41) is 5.08. The Bertz CT molecular complexity index is 2850. The lowest BCUT2D eigenvalue weighted by Gasteiger charge is -2.29. The molecule has 10 rings (SSSR count). The SMILES string of the molecule is c1ccc(-c2cccc(N(c3ccccc3)c3ccc4c5ccccc5n(-c5ccccc5)c4c3)c2-c2cccc3sc4ccccc4c23)cc1. The van der Waals surface area contributed by atoms with Crippen LogP contribution >= 0.6 is 11.3 Å². The van der Waals surface area contributed by atoms with Crippen molar-refractivity contribution in [1.82, 2.24) is 4.57 Å². The molecule has 0 aliphatic heterocycles. The Morgan fingerprint density at radius 1 is 0.412 bits per heavy atom. The molecule has 2 heterocycles. The molecule has 0 saturated carbocycles. The molecule has 0 N–H and O–H groups in total. The molecule has 0 fully saturated rings. The predicted octanol–water partition coefficient (Wildman–Crippen LogP) is 14.0. The molecule has 10 aromatic rings. The maximum atomic E-state index is 2.45. The van der Waals surface area contributed by atoms with Gasteiger partial charge >= 0.3 is 0 Å². The lowest BCUT2D eigenvalue weighted by atomic mass is 9.89. The molecule has 0 aliphatic rings. The van der Waals surface area contributed by atoms with Gasteiger partial charge in [-0.3, -0.25) is 0 Å². The lowest BCUT2D eigenvalue weighted by Crippen LogP contribution is -2.12. The monoisotopic (exact) mass is 668 g/mol. The Kier molecular flexibility index (Phi) is 7.04. The van der Waals surface area contributed by atoms with Crippen molar-refractivity contribution >= 4 is 70.4 Å². The van der Waals surface area contributed by atoms with Crippen molar-refractivity contribution in [2.75, 3.05) is 4.90 Å². The second-order valence-electron chi connectivity index (χ2n) is 12.9. The van der Waals surface area contributed by atoms with Crippen LogP contribution in [0.5, 0.6) is 0 Å². The van der Waals surface area contributed by atoms with Gasteiger partial charge in [-0.2, -0.15) is 0 Å². The van der Waals surface area contributed by atoms with Crippen LogP contribution in [0.15, 0.2) is 194 Å². The Labute approximate surface area is 300 Å². The number of aromatic nitrogens is 1. The fourth-order valence-corrected chi connectivity index (χ4v) is 8.94. The highest BCUT2D eigenvalue weighted by Gasteiger charge is 2.24. The smallest absolute Gasteiger partial charge is 0.0561 e. The number of para-hydroxylation sites is 3. The van der Waals surface area contributed by atoms with E-state index in [1.54, 1.807) is 0 Å². The number of hydrogen-bond acceptors (Lipinski definition) is 2. The molecule has 0 amide bonds. The largest absolute Gasteiger partial charge is 0.310 e. The minimum atomic E-state index is 1.10. The summed E-state index contributed by atoms with van der Waals surface area (Å²) in [5.74, 6) is 0. The first-order chi connectivity index (χ1) is 25.3. The van der Waals surface area contributed by atoms with Gasteiger partial charge in [-0.25, -0.2) is 0 Å². The third-order valence-corrected chi connectivity index (χ3v) is 11.1. The molecule has 0 aliphatic carbocycles. The van der Waals surface area contributed by atoms with Gasteiger partial charge in [-0.05, 0) is 77.4 Å². The van der Waals surface area contributed by atoms with Crippen molar-refractivity contribution in [2.45, 2.75) is 0 Å². The molecule has 2 aromatic heterocycles. The van der Waals surface area contributed by atoms with Crippen molar-refractivity contribution < 1.29 is 0 Å². The van der Waals surface area contributed by atoms with Crippen LogP contribution in [0.25, 0.3) is 69.9 Å². The highest BCUT2D eigenvalue weighted by molar-refractivity contribution is 7.25. The standard InChI is InChI=1S/C48H32N2S/c1-4-16-33(17-5-1)37-24-14-27-43(47(37)41-25-15-29-46-48(41)40-23-11-13-28-45(40)51-46)49(34-18-6-2-7-19-34)36-30-31-39-38-22-10-12-26-42(38)50(44(39)32-36)35-20-8-3-9-21-35/h1-32H. The third-order valence-electron chi connectivity index (χ3n) is 9.98. The van der Waals surface area contributed by atoms with Crippen LogP contribution in [0.1, 0.15) is 0 Å². The number of fused-ring (bicyclic) bond motifs is 6. The van der Waals surface area contributed by atoms with Gasteiger partial charge in [-0.1, -0.05) is 133 Å². The molecule has 2 nitrogen and oxygen atoms in total. The van der Waals surface area contributed by atoms with E-state index in [4.69, 9.17) is 0 Å². The van der Waals surface area contributed by atoms with E-state index < -0.39 is 0 Å². The zero-order chi connectivity index (χ0) is 33.7. The summed E-state index contributed by atoms with van der Waals surface area (Å²) >= 11 is 1.87. The van der Waals surface area contributed by atoms with Crippen molar-refractivity contribution in [3.05, 3.63) is 194 Å². The highest BCUT2D eigenvalue weighted by Crippen LogP contribution is 2.50. The van der Waals surface area contributed by atoms with Gasteiger partial charge in [0.25, 0.3) is 0 Å². The first kappa shape index (κ1) is 29.5. The average molecular weight is 669 g/mol. The van der Waals surface area contributed by atoms with Crippen LogP contribution in [0.4, 0.5) is 17.1 Å². The van der Waals surface area contributed by atoms with Crippen LogP contribution in [-0.4, -0.2) is 4.57 Å².